The highest BCUT2D eigenvalue weighted by atomic mass is 32.2. The lowest BCUT2D eigenvalue weighted by Crippen LogP contribution is -2.57. The molecule has 2 rings (SSSR count). The van der Waals surface area contributed by atoms with E-state index < -0.39 is 21.3 Å². The molecule has 3 N–H and O–H groups in total. The molecule has 0 bridgehead atoms. The molecule has 0 aromatic heterocycles. The lowest BCUT2D eigenvalue weighted by Gasteiger charge is -2.39. The molecule has 0 amide bonds. The Bertz CT molecular complexity index is 762. The first-order chi connectivity index (χ1) is 11.9. The zero-order valence-corrected chi connectivity index (χ0v) is 14.9. The molecule has 2 aliphatic heterocycles. The number of rotatable bonds is 2. The summed E-state index contributed by atoms with van der Waals surface area (Å²) in [6, 6.07) is -0.471. The Hall–Kier alpha value is -2.22. The second-order valence-corrected chi connectivity index (χ2v) is 7.59. The molecule has 136 valence electrons. The van der Waals surface area contributed by atoms with Crippen molar-refractivity contribution in [1.82, 2.24) is 9.21 Å². The van der Waals surface area contributed by atoms with Gasteiger partial charge in [-0.05, 0) is 12.8 Å². The van der Waals surface area contributed by atoms with Gasteiger partial charge in [-0.2, -0.15) is 4.31 Å². The minimum absolute atomic E-state index is 0.105. The molecular weight excluding hydrogens is 344 g/mol. The number of guanidine groups is 1. The van der Waals surface area contributed by atoms with E-state index in [1.54, 1.807) is 18.0 Å². The second-order valence-electron chi connectivity index (χ2n) is 5.44. The van der Waals surface area contributed by atoms with Crippen LogP contribution in [-0.2, 0) is 10.0 Å². The van der Waals surface area contributed by atoms with Crippen molar-refractivity contribution in [3.8, 4) is 11.8 Å². The third-order valence-corrected chi connectivity index (χ3v) is 6.09. The minimum atomic E-state index is -3.59. The molecule has 0 aromatic rings. The van der Waals surface area contributed by atoms with Gasteiger partial charge in [0.25, 0.3) is 0 Å². The van der Waals surface area contributed by atoms with Crippen LogP contribution in [0.5, 0.6) is 0 Å². The van der Waals surface area contributed by atoms with Crippen LogP contribution >= 0.6 is 0 Å². The molecule has 0 aliphatic carbocycles. The maximum Gasteiger partial charge on any atom is 0.222 e. The van der Waals surface area contributed by atoms with Crippen molar-refractivity contribution in [2.24, 2.45) is 20.7 Å². The van der Waals surface area contributed by atoms with Crippen LogP contribution in [0.4, 0.5) is 0 Å². The predicted molar refractivity (Wildman–Crippen MR) is 98.2 cm³/mol. The van der Waals surface area contributed by atoms with Gasteiger partial charge in [0.05, 0.1) is 6.54 Å². The molecule has 0 saturated carbocycles. The summed E-state index contributed by atoms with van der Waals surface area (Å²) in [4.78, 5) is 13.7. The maximum atomic E-state index is 12.9. The van der Waals surface area contributed by atoms with Crippen LogP contribution in [-0.4, -0.2) is 92.4 Å². The van der Waals surface area contributed by atoms with Gasteiger partial charge < -0.3 is 15.7 Å². The van der Waals surface area contributed by atoms with E-state index in [4.69, 9.17) is 10.8 Å². The number of nitrogens with zero attached hydrogens (tertiary/aromatic N) is 5. The largest absolute Gasteiger partial charge is 0.384 e. The van der Waals surface area contributed by atoms with Crippen molar-refractivity contribution in [1.29, 1.82) is 0 Å². The average Bonchev–Trinajstić information content (AvgIpc) is 2.62. The number of aliphatic imine (C=N–C) groups is 3. The highest BCUT2D eigenvalue weighted by molar-refractivity contribution is 7.89. The molecule has 25 heavy (non-hydrogen) atoms. The molecule has 2 aliphatic rings. The van der Waals surface area contributed by atoms with E-state index in [1.807, 2.05) is 0 Å². The summed E-state index contributed by atoms with van der Waals surface area (Å²) >= 11 is 0. The SMILES string of the molecule is C=NC(=NC)N1CCN(S(=O)(=O)C2C=CC(N)=NC2)CC1C#CCO. The molecule has 0 spiro atoms. The number of aliphatic hydroxyl groups excluding tert-OH is 1. The van der Waals surface area contributed by atoms with E-state index in [0.717, 1.165) is 0 Å². The van der Waals surface area contributed by atoms with E-state index >= 15 is 0 Å². The van der Waals surface area contributed by atoms with Gasteiger partial charge >= 0.3 is 0 Å². The van der Waals surface area contributed by atoms with Crippen LogP contribution in [0.2, 0.25) is 0 Å². The van der Waals surface area contributed by atoms with Crippen molar-refractivity contribution >= 4 is 28.5 Å². The van der Waals surface area contributed by atoms with Crippen molar-refractivity contribution in [3.05, 3.63) is 12.2 Å². The third kappa shape index (κ3) is 4.25. The Balaban J connectivity index is 2.22. The fourth-order valence-electron chi connectivity index (χ4n) is 2.71. The molecular formula is C15H22N6O3S. The molecule has 2 atom stereocenters. The molecule has 10 heteroatoms. The van der Waals surface area contributed by atoms with Crippen LogP contribution in [0.15, 0.2) is 27.1 Å². The lowest BCUT2D eigenvalue weighted by atomic mass is 10.2. The predicted octanol–water partition coefficient (Wildman–Crippen LogP) is -1.72. The number of sulfonamides is 1. The highest BCUT2D eigenvalue weighted by Crippen LogP contribution is 2.19. The summed E-state index contributed by atoms with van der Waals surface area (Å²) < 4.78 is 27.1. The van der Waals surface area contributed by atoms with E-state index in [1.165, 1.54) is 10.4 Å². The number of piperazine rings is 1. The number of dihydropyridines is 1. The van der Waals surface area contributed by atoms with E-state index in [0.29, 0.717) is 18.3 Å². The first-order valence-electron chi connectivity index (χ1n) is 7.70. The summed E-state index contributed by atoms with van der Waals surface area (Å²) in [5, 5.41) is 8.22. The summed E-state index contributed by atoms with van der Waals surface area (Å²) in [7, 11) is -2.01. The van der Waals surface area contributed by atoms with Gasteiger partial charge in [-0.15, -0.1) is 0 Å². The van der Waals surface area contributed by atoms with Crippen molar-refractivity contribution < 1.29 is 13.5 Å². The fraction of sp³-hybridized carbons (Fsp3) is 0.533. The standard InChI is InChI=1S/C15H22N6O3S/c1-17-15(18-2)21-8-7-20(11-12(21)4-3-9-22)25(23,24)13-5-6-14(16)19-10-13/h5-6,12-13,22H,1,7-11H2,2H3,(H2,16,19). The summed E-state index contributed by atoms with van der Waals surface area (Å²) in [6.07, 6.45) is 3.07. The van der Waals surface area contributed by atoms with Crippen molar-refractivity contribution in [2.45, 2.75) is 11.3 Å². The van der Waals surface area contributed by atoms with Gasteiger partial charge in [-0.25, -0.2) is 13.4 Å². The normalized spacial score (nSPS) is 25.1. The van der Waals surface area contributed by atoms with Gasteiger partial charge in [-0.3, -0.25) is 9.98 Å². The number of nitrogens with two attached hydrogens (primary N) is 1. The van der Waals surface area contributed by atoms with Crippen LogP contribution in [0, 0.1) is 11.8 Å². The van der Waals surface area contributed by atoms with Crippen LogP contribution < -0.4 is 5.73 Å². The van der Waals surface area contributed by atoms with Crippen LogP contribution in [0.1, 0.15) is 0 Å². The van der Waals surface area contributed by atoms with Gasteiger partial charge in [0.1, 0.15) is 23.7 Å². The second kappa shape index (κ2) is 8.24. The maximum absolute atomic E-state index is 12.9. The van der Waals surface area contributed by atoms with E-state index in [2.05, 4.69) is 33.5 Å². The first-order valence-corrected chi connectivity index (χ1v) is 9.20. The van der Waals surface area contributed by atoms with Gasteiger partial charge in [0, 0.05) is 26.7 Å². The minimum Gasteiger partial charge on any atom is -0.384 e. The Morgan fingerprint density at radius 3 is 2.88 bits per heavy atom. The molecule has 1 fully saturated rings. The zero-order chi connectivity index (χ0) is 18.4. The van der Waals surface area contributed by atoms with Crippen LogP contribution in [0.3, 0.4) is 0 Å². The summed E-state index contributed by atoms with van der Waals surface area (Å²) in [5.41, 5.74) is 5.55. The number of hydrogen-bond acceptors (Lipinski definition) is 6. The van der Waals surface area contributed by atoms with E-state index in [9.17, 15) is 8.42 Å². The van der Waals surface area contributed by atoms with Gasteiger partial charge in [0.15, 0.2) is 0 Å². The third-order valence-electron chi connectivity index (χ3n) is 3.97. The monoisotopic (exact) mass is 366 g/mol. The Morgan fingerprint density at radius 2 is 2.32 bits per heavy atom. The Kier molecular flexibility index (Phi) is 6.30. The highest BCUT2D eigenvalue weighted by Gasteiger charge is 2.37. The number of amidine groups is 1. The topological polar surface area (TPSA) is 124 Å². The molecule has 9 nitrogen and oxygen atoms in total. The average molecular weight is 366 g/mol. The van der Waals surface area contributed by atoms with Crippen molar-refractivity contribution in [2.75, 3.05) is 39.8 Å². The number of aliphatic hydroxyl groups is 1. The van der Waals surface area contributed by atoms with Crippen LogP contribution in [0.25, 0.3) is 0 Å². The van der Waals surface area contributed by atoms with E-state index in [-0.39, 0.29) is 26.2 Å². The lowest BCUT2D eigenvalue weighted by molar-refractivity contribution is 0.224. The quantitative estimate of drug-likeness (QED) is 0.342. The van der Waals surface area contributed by atoms with Gasteiger partial charge in [-0.1, -0.05) is 17.9 Å². The van der Waals surface area contributed by atoms with Crippen molar-refractivity contribution in [3.63, 3.8) is 0 Å². The Labute approximate surface area is 147 Å². The fourth-order valence-corrected chi connectivity index (χ4v) is 4.31. The molecule has 0 aromatic carbocycles. The molecule has 2 heterocycles. The molecule has 2 unspecified atom stereocenters. The zero-order valence-electron chi connectivity index (χ0n) is 14.0. The number of hydrogen-bond donors (Lipinski definition) is 2. The summed E-state index contributed by atoms with van der Waals surface area (Å²) in [6.45, 7) is 4.07. The summed E-state index contributed by atoms with van der Waals surface area (Å²) in [5.74, 6) is 6.17. The molecule has 1 saturated heterocycles. The molecule has 0 radical (unpaired) electrons. The van der Waals surface area contributed by atoms with Gasteiger partial charge in [0.2, 0.25) is 16.0 Å². The smallest absolute Gasteiger partial charge is 0.222 e. The first kappa shape index (κ1) is 19.1. The Morgan fingerprint density at radius 1 is 1.56 bits per heavy atom.